The van der Waals surface area contributed by atoms with Crippen LogP contribution in [0, 0.1) is 0 Å². The highest BCUT2D eigenvalue weighted by Crippen LogP contribution is 2.29. The predicted molar refractivity (Wildman–Crippen MR) is 89.2 cm³/mol. The first-order valence-electron chi connectivity index (χ1n) is 7.89. The van der Waals surface area contributed by atoms with Gasteiger partial charge in [-0.2, -0.15) is 0 Å². The van der Waals surface area contributed by atoms with Crippen molar-refractivity contribution in [2.45, 2.75) is 39.2 Å². The summed E-state index contributed by atoms with van der Waals surface area (Å²) >= 11 is 0. The number of fused-ring (bicyclic) bond motifs is 1. The van der Waals surface area contributed by atoms with E-state index >= 15 is 0 Å². The van der Waals surface area contributed by atoms with Crippen LogP contribution < -0.4 is 10.2 Å². The molecule has 1 aromatic carbocycles. The molecule has 0 saturated carbocycles. The first-order valence-corrected chi connectivity index (χ1v) is 7.89. The Labute approximate surface area is 136 Å². The summed E-state index contributed by atoms with van der Waals surface area (Å²) in [5.41, 5.74) is 1.31. The van der Waals surface area contributed by atoms with Crippen molar-refractivity contribution in [3.05, 3.63) is 24.3 Å². The van der Waals surface area contributed by atoms with Crippen molar-refractivity contribution in [2.75, 3.05) is 23.8 Å². The number of nitrogens with zero attached hydrogens (tertiary/aromatic N) is 2. The number of nitrogens with one attached hydrogen (secondary N) is 1. The fraction of sp³-hybridized carbons (Fsp3) is 0.471. The van der Waals surface area contributed by atoms with Gasteiger partial charge in [-0.3, -0.25) is 14.4 Å². The van der Waals surface area contributed by atoms with Gasteiger partial charge in [0.25, 0.3) is 0 Å². The highest BCUT2D eigenvalue weighted by Gasteiger charge is 2.27. The van der Waals surface area contributed by atoms with E-state index in [1.165, 1.54) is 4.90 Å². The molecular weight excluding hydrogens is 294 g/mol. The van der Waals surface area contributed by atoms with Gasteiger partial charge in [0.15, 0.2) is 0 Å². The Morgan fingerprint density at radius 1 is 1.30 bits per heavy atom. The topological polar surface area (TPSA) is 69.7 Å². The van der Waals surface area contributed by atoms with Crippen LogP contribution in [0.5, 0.6) is 0 Å². The van der Waals surface area contributed by atoms with Gasteiger partial charge in [-0.15, -0.1) is 0 Å². The van der Waals surface area contributed by atoms with E-state index in [0.29, 0.717) is 11.4 Å². The van der Waals surface area contributed by atoms with Crippen molar-refractivity contribution in [3.63, 3.8) is 0 Å². The van der Waals surface area contributed by atoms with E-state index in [0.717, 1.165) is 6.42 Å². The molecule has 0 spiro atoms. The number of amides is 3. The van der Waals surface area contributed by atoms with Crippen LogP contribution in [0.3, 0.4) is 0 Å². The number of benzene rings is 1. The highest BCUT2D eigenvalue weighted by molar-refractivity contribution is 6.10. The summed E-state index contributed by atoms with van der Waals surface area (Å²) in [6.07, 6.45) is 1.12. The third-order valence-electron chi connectivity index (χ3n) is 4.27. The summed E-state index contributed by atoms with van der Waals surface area (Å²) < 4.78 is 0. The van der Waals surface area contributed by atoms with E-state index in [1.54, 1.807) is 30.1 Å². The van der Waals surface area contributed by atoms with E-state index in [1.807, 2.05) is 19.9 Å². The van der Waals surface area contributed by atoms with Crippen LogP contribution in [-0.4, -0.2) is 42.3 Å². The molecule has 1 heterocycles. The van der Waals surface area contributed by atoms with Gasteiger partial charge in [0.1, 0.15) is 6.54 Å². The molecule has 0 bridgehead atoms. The minimum Gasteiger partial charge on any atom is -0.343 e. The molecular formula is C17H23N3O3. The van der Waals surface area contributed by atoms with Gasteiger partial charge in [0.05, 0.1) is 11.4 Å². The maximum atomic E-state index is 12.4. The minimum absolute atomic E-state index is 0.00869. The highest BCUT2D eigenvalue weighted by atomic mass is 16.2. The Bertz CT molecular complexity index is 615. The average Bonchev–Trinajstić information content (AvgIpc) is 2.56. The van der Waals surface area contributed by atoms with Crippen LogP contribution in [-0.2, 0) is 14.4 Å². The van der Waals surface area contributed by atoms with E-state index in [9.17, 15) is 14.4 Å². The van der Waals surface area contributed by atoms with Crippen molar-refractivity contribution in [1.82, 2.24) is 4.90 Å². The number of hydrogen-bond donors (Lipinski definition) is 1. The molecule has 1 aliphatic heterocycles. The van der Waals surface area contributed by atoms with Crippen molar-refractivity contribution in [3.8, 4) is 0 Å². The molecule has 1 atom stereocenters. The van der Waals surface area contributed by atoms with Crippen molar-refractivity contribution < 1.29 is 14.4 Å². The first kappa shape index (κ1) is 17.0. The average molecular weight is 317 g/mol. The van der Waals surface area contributed by atoms with Crippen LogP contribution in [0.15, 0.2) is 24.3 Å². The number of hydrogen-bond acceptors (Lipinski definition) is 3. The van der Waals surface area contributed by atoms with Crippen LogP contribution in [0.4, 0.5) is 11.4 Å². The minimum atomic E-state index is -0.222. The lowest BCUT2D eigenvalue weighted by Gasteiger charge is -2.29. The summed E-state index contributed by atoms with van der Waals surface area (Å²) in [5.74, 6) is -0.485. The molecule has 1 aliphatic rings. The summed E-state index contributed by atoms with van der Waals surface area (Å²) in [4.78, 5) is 39.4. The predicted octanol–water partition coefficient (Wildman–Crippen LogP) is 2.01. The lowest BCUT2D eigenvalue weighted by Crippen LogP contribution is -2.42. The first-order chi connectivity index (χ1) is 10.9. The molecule has 23 heavy (non-hydrogen) atoms. The van der Waals surface area contributed by atoms with Crippen molar-refractivity contribution >= 4 is 29.1 Å². The monoisotopic (exact) mass is 317 g/mol. The number of rotatable bonds is 5. The SMILES string of the molecule is CCC(C)N(C)C(=O)CCC(=O)N1CC(=O)Nc2ccccc21. The summed E-state index contributed by atoms with van der Waals surface area (Å²) in [5, 5.41) is 2.74. The maximum absolute atomic E-state index is 12.4. The number of carbonyl (C=O) groups excluding carboxylic acids is 3. The normalized spacial score (nSPS) is 14.7. The zero-order valence-electron chi connectivity index (χ0n) is 13.8. The fourth-order valence-corrected chi connectivity index (χ4v) is 2.50. The van der Waals surface area contributed by atoms with Crippen LogP contribution in [0.1, 0.15) is 33.1 Å². The van der Waals surface area contributed by atoms with Gasteiger partial charge in [-0.25, -0.2) is 0 Å². The second-order valence-electron chi connectivity index (χ2n) is 5.81. The second-order valence-corrected chi connectivity index (χ2v) is 5.81. The molecule has 0 aromatic heterocycles. The van der Waals surface area contributed by atoms with Crippen molar-refractivity contribution in [1.29, 1.82) is 0 Å². The van der Waals surface area contributed by atoms with Gasteiger partial charge in [-0.1, -0.05) is 19.1 Å². The van der Waals surface area contributed by atoms with Gasteiger partial charge >= 0.3 is 0 Å². The lowest BCUT2D eigenvalue weighted by molar-refractivity contribution is -0.133. The fourth-order valence-electron chi connectivity index (χ4n) is 2.50. The molecule has 6 heteroatoms. The van der Waals surface area contributed by atoms with Crippen LogP contribution in [0.25, 0.3) is 0 Å². The molecule has 1 unspecified atom stereocenters. The summed E-state index contributed by atoms with van der Waals surface area (Å²) in [6.45, 7) is 3.99. The quantitative estimate of drug-likeness (QED) is 0.903. The molecule has 2 rings (SSSR count). The van der Waals surface area contributed by atoms with Gasteiger partial charge in [0, 0.05) is 25.9 Å². The van der Waals surface area contributed by atoms with Gasteiger partial charge in [-0.05, 0) is 25.5 Å². The second kappa shape index (κ2) is 7.26. The van der Waals surface area contributed by atoms with E-state index in [2.05, 4.69) is 5.32 Å². The largest absolute Gasteiger partial charge is 0.343 e. The Morgan fingerprint density at radius 2 is 2.00 bits per heavy atom. The molecule has 0 fully saturated rings. The molecule has 1 N–H and O–H groups in total. The molecule has 0 aliphatic carbocycles. The van der Waals surface area contributed by atoms with E-state index in [-0.39, 0.29) is 43.1 Å². The Balaban J connectivity index is 2.01. The third kappa shape index (κ3) is 3.88. The van der Waals surface area contributed by atoms with Crippen LogP contribution >= 0.6 is 0 Å². The Morgan fingerprint density at radius 3 is 2.70 bits per heavy atom. The number of carbonyl (C=O) groups is 3. The zero-order valence-corrected chi connectivity index (χ0v) is 13.8. The summed E-state index contributed by atoms with van der Waals surface area (Å²) in [7, 11) is 1.75. The molecule has 124 valence electrons. The molecule has 1 aromatic rings. The molecule has 0 saturated heterocycles. The van der Waals surface area contributed by atoms with Crippen molar-refractivity contribution in [2.24, 2.45) is 0 Å². The zero-order chi connectivity index (χ0) is 17.0. The number of anilines is 2. The van der Waals surface area contributed by atoms with E-state index < -0.39 is 0 Å². The standard InChI is InChI=1S/C17H23N3O3/c1-4-12(2)19(3)16(22)9-10-17(23)20-11-15(21)18-13-7-5-6-8-14(13)20/h5-8,12H,4,9-11H2,1-3H3,(H,18,21). The smallest absolute Gasteiger partial charge is 0.244 e. The van der Waals surface area contributed by atoms with Crippen LogP contribution in [0.2, 0.25) is 0 Å². The molecule has 6 nitrogen and oxygen atoms in total. The van der Waals surface area contributed by atoms with Gasteiger partial charge < -0.3 is 15.1 Å². The maximum Gasteiger partial charge on any atom is 0.244 e. The molecule has 3 amide bonds. The Hall–Kier alpha value is -2.37. The third-order valence-corrected chi connectivity index (χ3v) is 4.27. The number of para-hydroxylation sites is 2. The summed E-state index contributed by atoms with van der Waals surface area (Å²) in [6, 6.07) is 7.32. The van der Waals surface area contributed by atoms with E-state index in [4.69, 9.17) is 0 Å². The lowest BCUT2D eigenvalue weighted by atomic mass is 10.1. The van der Waals surface area contributed by atoms with Gasteiger partial charge in [0.2, 0.25) is 17.7 Å². The Kier molecular flexibility index (Phi) is 5.36. The molecule has 0 radical (unpaired) electrons.